The third kappa shape index (κ3) is 1.64. The molecule has 76 valence electrons. The lowest BCUT2D eigenvalue weighted by molar-refractivity contribution is 0.0914. The van der Waals surface area contributed by atoms with E-state index >= 15 is 0 Å². The predicted octanol–water partition coefficient (Wildman–Crippen LogP) is 2.71. The molecule has 0 unspecified atom stereocenters. The van der Waals surface area contributed by atoms with Gasteiger partial charge in [0, 0.05) is 11.3 Å². The molecule has 0 fully saturated rings. The van der Waals surface area contributed by atoms with Gasteiger partial charge in [-0.25, -0.2) is 4.21 Å². The zero-order valence-corrected chi connectivity index (χ0v) is 10.4. The average Bonchev–Trinajstić information content (AvgIpc) is 2.44. The third-order valence-corrected chi connectivity index (χ3v) is 5.80. The molecule has 0 saturated carbocycles. The van der Waals surface area contributed by atoms with E-state index in [-0.39, 0.29) is 11.2 Å². The lowest BCUT2D eigenvalue weighted by atomic mass is 9.77. The zero-order valence-electron chi connectivity index (χ0n) is 7.96. The van der Waals surface area contributed by atoms with Crippen molar-refractivity contribution in [3.05, 3.63) is 14.3 Å². The second-order valence-corrected chi connectivity index (χ2v) is 7.34. The highest BCUT2D eigenvalue weighted by molar-refractivity contribution is 7.74. The van der Waals surface area contributed by atoms with Gasteiger partial charge in [-0.15, -0.1) is 0 Å². The highest BCUT2D eigenvalue weighted by Crippen LogP contribution is 2.39. The van der Waals surface area contributed by atoms with Crippen LogP contribution in [0.15, 0.2) is 0 Å². The van der Waals surface area contributed by atoms with E-state index in [9.17, 15) is 9.00 Å². The molecule has 0 bridgehead atoms. The molecule has 0 amide bonds. The Kier molecular flexibility index (Phi) is 2.49. The first kappa shape index (κ1) is 10.3. The minimum absolute atomic E-state index is 0.0620. The lowest BCUT2D eigenvalue weighted by Gasteiger charge is -2.27. The maximum absolute atomic E-state index is 11.8. The van der Waals surface area contributed by atoms with Crippen molar-refractivity contribution >= 4 is 37.7 Å². The fourth-order valence-electron chi connectivity index (χ4n) is 1.75. The molecule has 0 aromatic carbocycles. The SMILES string of the molecule is CC1(C)CC(=O)c2c(ssc2=S=O)C1. The molecule has 1 aliphatic carbocycles. The van der Waals surface area contributed by atoms with Crippen molar-refractivity contribution in [3.63, 3.8) is 0 Å². The van der Waals surface area contributed by atoms with Crippen molar-refractivity contribution < 1.29 is 9.00 Å². The van der Waals surface area contributed by atoms with Gasteiger partial charge in [0.2, 0.25) is 0 Å². The molecule has 0 N–H and O–H groups in total. The number of Topliss-reactive ketones (excluding diaryl/α,β-unsaturated/α-hetero) is 1. The molecular formula is C9H10O2S3. The normalized spacial score (nSPS) is 19.1. The summed E-state index contributed by atoms with van der Waals surface area (Å²) >= 11 is 0.452. The quantitative estimate of drug-likeness (QED) is 0.521. The monoisotopic (exact) mass is 246 g/mol. The fourth-order valence-corrected chi connectivity index (χ4v) is 5.32. The van der Waals surface area contributed by atoms with Gasteiger partial charge >= 0.3 is 0 Å². The first-order valence-electron chi connectivity index (χ1n) is 4.31. The third-order valence-electron chi connectivity index (χ3n) is 2.33. The van der Waals surface area contributed by atoms with Crippen molar-refractivity contribution in [3.8, 4) is 0 Å². The Bertz CT molecular complexity index is 474. The molecule has 1 aromatic rings. The minimum atomic E-state index is 0.0620. The molecule has 5 heteroatoms. The molecule has 0 spiro atoms. The van der Waals surface area contributed by atoms with Gasteiger partial charge in [-0.05, 0) is 11.8 Å². The summed E-state index contributed by atoms with van der Waals surface area (Å²) in [7, 11) is 3.02. The van der Waals surface area contributed by atoms with Gasteiger partial charge in [-0.1, -0.05) is 34.5 Å². The lowest BCUT2D eigenvalue weighted by Crippen LogP contribution is -2.25. The largest absolute Gasteiger partial charge is 0.294 e. The molecule has 2 rings (SSSR count). The first-order chi connectivity index (χ1) is 6.53. The maximum Gasteiger partial charge on any atom is 0.166 e. The number of ketones is 1. The molecular weight excluding hydrogens is 236 g/mol. The average molecular weight is 246 g/mol. The van der Waals surface area contributed by atoms with Crippen LogP contribution in [0.3, 0.4) is 0 Å². The van der Waals surface area contributed by atoms with E-state index < -0.39 is 0 Å². The van der Waals surface area contributed by atoms with Gasteiger partial charge in [-0.3, -0.25) is 4.79 Å². The van der Waals surface area contributed by atoms with E-state index in [1.165, 1.54) is 10.3 Å². The van der Waals surface area contributed by atoms with Crippen molar-refractivity contribution in [1.29, 1.82) is 0 Å². The summed E-state index contributed by atoms with van der Waals surface area (Å²) in [6.07, 6.45) is 1.49. The second-order valence-electron chi connectivity index (χ2n) is 4.28. The summed E-state index contributed by atoms with van der Waals surface area (Å²) in [5.41, 5.74) is 0.784. The van der Waals surface area contributed by atoms with E-state index in [1.807, 2.05) is 0 Å². The fraction of sp³-hybridized carbons (Fsp3) is 0.556. The number of carbonyl (C=O) groups excluding carboxylic acids is 1. The second kappa shape index (κ2) is 3.40. The highest BCUT2D eigenvalue weighted by Gasteiger charge is 2.33. The van der Waals surface area contributed by atoms with Crippen LogP contribution in [0, 0.1) is 9.24 Å². The number of carbonyl (C=O) groups is 1. The van der Waals surface area contributed by atoms with Gasteiger partial charge < -0.3 is 0 Å². The smallest absolute Gasteiger partial charge is 0.166 e. The molecule has 0 radical (unpaired) electrons. The van der Waals surface area contributed by atoms with Gasteiger partial charge in [-0.2, -0.15) is 0 Å². The van der Waals surface area contributed by atoms with Crippen LogP contribution in [-0.2, 0) is 17.7 Å². The summed E-state index contributed by atoms with van der Waals surface area (Å²) in [6, 6.07) is 0. The topological polar surface area (TPSA) is 34.1 Å². The van der Waals surface area contributed by atoms with E-state index in [2.05, 4.69) is 13.8 Å². The Balaban J connectivity index is 2.64. The molecule has 2 nitrogen and oxygen atoms in total. The molecule has 0 saturated heterocycles. The van der Waals surface area contributed by atoms with Gasteiger partial charge in [0.25, 0.3) is 0 Å². The molecule has 1 aliphatic rings. The van der Waals surface area contributed by atoms with E-state index in [4.69, 9.17) is 0 Å². The van der Waals surface area contributed by atoms with Crippen molar-refractivity contribution in [2.75, 3.05) is 0 Å². The zero-order chi connectivity index (χ0) is 10.3. The summed E-state index contributed by atoms with van der Waals surface area (Å²) in [5.74, 6) is 0.145. The summed E-state index contributed by atoms with van der Waals surface area (Å²) in [5, 5.41) is 0. The van der Waals surface area contributed by atoms with Crippen LogP contribution in [0.4, 0.5) is 0 Å². The Morgan fingerprint density at radius 1 is 1.29 bits per heavy atom. The Morgan fingerprint density at radius 3 is 2.64 bits per heavy atom. The number of rotatable bonds is 0. The van der Waals surface area contributed by atoms with Crippen molar-refractivity contribution in [1.82, 2.24) is 0 Å². The predicted molar refractivity (Wildman–Crippen MR) is 60.0 cm³/mol. The number of hydrogen-bond donors (Lipinski definition) is 0. The standard InChI is InChI=1S/C9H10O2S3/c1-9(2)3-5(10)7-6(4-9)13-14-8(7)12-11/h3-4H2,1-2H3. The van der Waals surface area contributed by atoms with Crippen LogP contribution >= 0.6 is 20.7 Å². The molecule has 14 heavy (non-hydrogen) atoms. The van der Waals surface area contributed by atoms with Crippen molar-refractivity contribution in [2.45, 2.75) is 26.7 Å². The Hall–Kier alpha value is -0.260. The Morgan fingerprint density at radius 2 is 2.00 bits per heavy atom. The highest BCUT2D eigenvalue weighted by atomic mass is 32.9. The van der Waals surface area contributed by atoms with Crippen LogP contribution in [-0.4, -0.2) is 9.99 Å². The number of fused-ring (bicyclic) bond motifs is 1. The van der Waals surface area contributed by atoms with E-state index in [1.54, 1.807) is 10.3 Å². The summed E-state index contributed by atoms with van der Waals surface area (Å²) in [6.45, 7) is 4.20. The van der Waals surface area contributed by atoms with Crippen LogP contribution in [0.2, 0.25) is 0 Å². The van der Waals surface area contributed by atoms with Gasteiger partial charge in [0.15, 0.2) is 5.78 Å². The van der Waals surface area contributed by atoms with Gasteiger partial charge in [0.05, 0.1) is 5.56 Å². The molecule has 1 aromatic heterocycles. The van der Waals surface area contributed by atoms with Crippen LogP contribution in [0.25, 0.3) is 0 Å². The van der Waals surface area contributed by atoms with Crippen LogP contribution in [0.5, 0.6) is 0 Å². The maximum atomic E-state index is 11.8. The molecule has 1 heterocycles. The van der Waals surface area contributed by atoms with Crippen LogP contribution in [0.1, 0.15) is 35.5 Å². The Labute approximate surface area is 93.1 Å². The first-order valence-corrected chi connectivity index (χ1v) is 7.21. The summed E-state index contributed by atoms with van der Waals surface area (Å²) in [4.78, 5) is 12.9. The number of hydrogen-bond acceptors (Lipinski definition) is 4. The summed E-state index contributed by atoms with van der Waals surface area (Å²) < 4.78 is 11.4. The molecule has 0 atom stereocenters. The van der Waals surface area contributed by atoms with E-state index in [0.29, 0.717) is 21.5 Å². The van der Waals surface area contributed by atoms with Crippen molar-refractivity contribution in [2.24, 2.45) is 5.41 Å². The van der Waals surface area contributed by atoms with E-state index in [0.717, 1.165) is 16.9 Å². The van der Waals surface area contributed by atoms with Crippen LogP contribution < -0.4 is 0 Å². The van der Waals surface area contributed by atoms with Gasteiger partial charge in [0.1, 0.15) is 15.1 Å². The molecule has 0 aliphatic heterocycles. The minimum Gasteiger partial charge on any atom is -0.294 e.